The van der Waals surface area contributed by atoms with Gasteiger partial charge < -0.3 is 14.6 Å². The number of amides is 1. The second kappa shape index (κ2) is 10.8. The Morgan fingerprint density at radius 2 is 1.77 bits per heavy atom. The predicted molar refractivity (Wildman–Crippen MR) is 117 cm³/mol. The van der Waals surface area contributed by atoms with Crippen molar-refractivity contribution in [1.29, 1.82) is 0 Å². The Morgan fingerprint density at radius 1 is 1.00 bits per heavy atom. The van der Waals surface area contributed by atoms with E-state index in [-0.39, 0.29) is 18.8 Å². The Balaban J connectivity index is 1.52. The van der Waals surface area contributed by atoms with Gasteiger partial charge in [-0.15, -0.1) is 0 Å². The molecule has 158 valence electrons. The largest absolute Gasteiger partial charge is 0.488 e. The van der Waals surface area contributed by atoms with Crippen molar-refractivity contribution in [2.75, 3.05) is 6.61 Å². The monoisotopic (exact) mass is 438 g/mol. The van der Waals surface area contributed by atoms with E-state index < -0.39 is 11.9 Å². The lowest BCUT2D eigenvalue weighted by atomic mass is 10.1. The van der Waals surface area contributed by atoms with Crippen LogP contribution in [0.15, 0.2) is 77.9 Å². The van der Waals surface area contributed by atoms with Gasteiger partial charge in [-0.3, -0.25) is 4.79 Å². The number of hydrogen-bond donors (Lipinski definition) is 2. The Labute approximate surface area is 183 Å². The predicted octanol–water partition coefficient (Wildman–Crippen LogP) is 4.15. The SMILES string of the molecule is O=C(COc1cccc(Cl)c1)N/N=C/c1ccccc1OCc1ccc(C(=O)O)cc1. The van der Waals surface area contributed by atoms with Crippen molar-refractivity contribution in [1.82, 2.24) is 5.43 Å². The van der Waals surface area contributed by atoms with E-state index in [4.69, 9.17) is 26.2 Å². The number of benzene rings is 3. The van der Waals surface area contributed by atoms with E-state index in [9.17, 15) is 9.59 Å². The zero-order valence-electron chi connectivity index (χ0n) is 16.3. The third kappa shape index (κ3) is 6.87. The van der Waals surface area contributed by atoms with Crippen LogP contribution in [0.5, 0.6) is 11.5 Å². The van der Waals surface area contributed by atoms with Crippen LogP contribution in [0.25, 0.3) is 0 Å². The second-order valence-corrected chi connectivity index (χ2v) is 6.80. The number of ether oxygens (including phenoxy) is 2. The number of aromatic carboxylic acids is 1. The van der Waals surface area contributed by atoms with Crippen LogP contribution >= 0.6 is 11.6 Å². The first-order valence-corrected chi connectivity index (χ1v) is 9.63. The molecule has 0 atom stereocenters. The molecule has 0 bridgehead atoms. The summed E-state index contributed by atoms with van der Waals surface area (Å²) in [5.41, 5.74) is 4.10. The maximum absolute atomic E-state index is 11.9. The zero-order valence-corrected chi connectivity index (χ0v) is 17.1. The minimum atomic E-state index is -0.978. The second-order valence-electron chi connectivity index (χ2n) is 6.37. The highest BCUT2D eigenvalue weighted by atomic mass is 35.5. The molecule has 0 heterocycles. The molecule has 0 aromatic heterocycles. The molecule has 0 saturated heterocycles. The van der Waals surface area contributed by atoms with Crippen LogP contribution in [0.3, 0.4) is 0 Å². The maximum atomic E-state index is 11.9. The molecule has 0 radical (unpaired) electrons. The van der Waals surface area contributed by atoms with Crippen molar-refractivity contribution < 1.29 is 24.2 Å². The molecule has 3 aromatic carbocycles. The summed E-state index contributed by atoms with van der Waals surface area (Å²) in [4.78, 5) is 22.8. The Morgan fingerprint density at radius 3 is 2.52 bits per heavy atom. The molecule has 0 saturated carbocycles. The van der Waals surface area contributed by atoms with Gasteiger partial charge in [0.1, 0.15) is 18.1 Å². The average Bonchev–Trinajstić information content (AvgIpc) is 2.77. The van der Waals surface area contributed by atoms with Crippen LogP contribution in [-0.2, 0) is 11.4 Å². The van der Waals surface area contributed by atoms with Crippen molar-refractivity contribution in [3.8, 4) is 11.5 Å². The molecule has 0 unspecified atom stereocenters. The number of carboxylic acid groups (broad SMARTS) is 1. The summed E-state index contributed by atoms with van der Waals surface area (Å²) in [7, 11) is 0. The minimum Gasteiger partial charge on any atom is -0.488 e. The molecule has 0 spiro atoms. The highest BCUT2D eigenvalue weighted by molar-refractivity contribution is 6.30. The Kier molecular flexibility index (Phi) is 7.61. The molecule has 31 heavy (non-hydrogen) atoms. The van der Waals surface area contributed by atoms with Gasteiger partial charge in [0.05, 0.1) is 11.8 Å². The first kappa shape index (κ1) is 21.9. The number of carboxylic acids is 1. The molecule has 7 nitrogen and oxygen atoms in total. The first-order valence-electron chi connectivity index (χ1n) is 9.25. The quantitative estimate of drug-likeness (QED) is 0.386. The van der Waals surface area contributed by atoms with E-state index in [2.05, 4.69) is 10.5 Å². The van der Waals surface area contributed by atoms with Crippen LogP contribution in [0, 0.1) is 0 Å². The summed E-state index contributed by atoms with van der Waals surface area (Å²) in [6.45, 7) is 0.0484. The van der Waals surface area contributed by atoms with E-state index in [1.165, 1.54) is 18.3 Å². The summed E-state index contributed by atoms with van der Waals surface area (Å²) in [5.74, 6) is -0.345. The molecule has 0 aliphatic rings. The molecule has 1 amide bonds. The van der Waals surface area contributed by atoms with Crippen LogP contribution in [0.1, 0.15) is 21.5 Å². The van der Waals surface area contributed by atoms with Gasteiger partial charge in [0.25, 0.3) is 5.91 Å². The van der Waals surface area contributed by atoms with Crippen molar-refractivity contribution in [2.24, 2.45) is 5.10 Å². The molecule has 2 N–H and O–H groups in total. The van der Waals surface area contributed by atoms with Crippen LogP contribution < -0.4 is 14.9 Å². The zero-order chi connectivity index (χ0) is 22.1. The standard InChI is InChI=1S/C23H19ClN2O5/c24-19-5-3-6-20(12-19)30-15-22(27)26-25-13-18-4-1-2-7-21(18)31-14-16-8-10-17(11-9-16)23(28)29/h1-13H,14-15H2,(H,26,27)(H,28,29)/b25-13+. The van der Waals surface area contributed by atoms with Gasteiger partial charge in [-0.05, 0) is 48.0 Å². The lowest BCUT2D eigenvalue weighted by molar-refractivity contribution is -0.123. The van der Waals surface area contributed by atoms with Gasteiger partial charge in [0.15, 0.2) is 6.61 Å². The number of nitrogens with one attached hydrogen (secondary N) is 1. The van der Waals surface area contributed by atoms with Crippen molar-refractivity contribution >= 4 is 29.7 Å². The van der Waals surface area contributed by atoms with Gasteiger partial charge in [-0.25, -0.2) is 10.2 Å². The Hall–Kier alpha value is -3.84. The summed E-state index contributed by atoms with van der Waals surface area (Å²) in [6, 6.07) is 20.4. The van der Waals surface area contributed by atoms with E-state index in [1.54, 1.807) is 48.5 Å². The highest BCUT2D eigenvalue weighted by Gasteiger charge is 2.05. The van der Waals surface area contributed by atoms with E-state index in [0.29, 0.717) is 22.1 Å². The molecule has 0 aliphatic heterocycles. The summed E-state index contributed by atoms with van der Waals surface area (Å²) in [6.07, 6.45) is 1.47. The van der Waals surface area contributed by atoms with Crippen LogP contribution in [0.2, 0.25) is 5.02 Å². The van der Waals surface area contributed by atoms with E-state index in [1.807, 2.05) is 12.1 Å². The number of hydrazone groups is 1. The Bertz CT molecular complexity index is 1080. The first-order chi connectivity index (χ1) is 15.0. The normalized spacial score (nSPS) is 10.6. The fourth-order valence-electron chi connectivity index (χ4n) is 2.54. The van der Waals surface area contributed by atoms with Crippen molar-refractivity contribution in [3.05, 3.63) is 94.5 Å². The lowest BCUT2D eigenvalue weighted by Crippen LogP contribution is -2.24. The molecular formula is C23H19ClN2O5. The van der Waals surface area contributed by atoms with E-state index in [0.717, 1.165) is 5.56 Å². The number of carbonyl (C=O) groups is 2. The fraction of sp³-hybridized carbons (Fsp3) is 0.0870. The van der Waals surface area contributed by atoms with Gasteiger partial charge in [-0.2, -0.15) is 5.10 Å². The molecule has 3 aromatic rings. The molecular weight excluding hydrogens is 420 g/mol. The van der Waals surface area contributed by atoms with Crippen molar-refractivity contribution in [3.63, 3.8) is 0 Å². The summed E-state index contributed by atoms with van der Waals surface area (Å²) < 4.78 is 11.2. The molecule has 0 aliphatic carbocycles. The number of para-hydroxylation sites is 1. The van der Waals surface area contributed by atoms with Crippen molar-refractivity contribution in [2.45, 2.75) is 6.61 Å². The van der Waals surface area contributed by atoms with Crippen LogP contribution in [0.4, 0.5) is 0 Å². The lowest BCUT2D eigenvalue weighted by Gasteiger charge is -2.09. The summed E-state index contributed by atoms with van der Waals surface area (Å²) in [5, 5.41) is 13.4. The number of rotatable bonds is 9. The topological polar surface area (TPSA) is 97.2 Å². The van der Waals surface area contributed by atoms with Gasteiger partial charge in [0.2, 0.25) is 0 Å². The van der Waals surface area contributed by atoms with E-state index >= 15 is 0 Å². The third-order valence-electron chi connectivity index (χ3n) is 4.07. The highest BCUT2D eigenvalue weighted by Crippen LogP contribution is 2.18. The molecule has 0 fully saturated rings. The van der Waals surface area contributed by atoms with Gasteiger partial charge in [0, 0.05) is 10.6 Å². The number of carbonyl (C=O) groups excluding carboxylic acids is 1. The minimum absolute atomic E-state index is 0.206. The summed E-state index contributed by atoms with van der Waals surface area (Å²) >= 11 is 5.87. The smallest absolute Gasteiger partial charge is 0.335 e. The molecule has 3 rings (SSSR count). The van der Waals surface area contributed by atoms with Gasteiger partial charge >= 0.3 is 5.97 Å². The van der Waals surface area contributed by atoms with Gasteiger partial charge in [-0.1, -0.05) is 41.9 Å². The number of nitrogens with zero attached hydrogens (tertiary/aromatic N) is 1. The molecule has 8 heteroatoms. The number of halogens is 1. The number of hydrogen-bond acceptors (Lipinski definition) is 5. The maximum Gasteiger partial charge on any atom is 0.335 e. The third-order valence-corrected chi connectivity index (χ3v) is 4.31. The fourth-order valence-corrected chi connectivity index (χ4v) is 2.72. The van der Waals surface area contributed by atoms with Crippen LogP contribution in [-0.4, -0.2) is 29.8 Å². The average molecular weight is 439 g/mol.